The molecule has 0 aromatic heterocycles. The first kappa shape index (κ1) is 31.9. The summed E-state index contributed by atoms with van der Waals surface area (Å²) >= 11 is 1.14. The molecule has 2 amide bonds. The Morgan fingerprint density at radius 2 is 1.76 bits per heavy atom. The van der Waals surface area contributed by atoms with Gasteiger partial charge in [-0.05, 0) is 61.6 Å². The molecule has 3 rings (SSSR count). The Balaban J connectivity index is 1.72. The van der Waals surface area contributed by atoms with Gasteiger partial charge >= 0.3 is 11.9 Å². The maximum absolute atomic E-state index is 13.3. The number of para-hydroxylation sites is 1. The predicted octanol–water partition coefficient (Wildman–Crippen LogP) is 3.86. The van der Waals surface area contributed by atoms with Crippen LogP contribution >= 0.6 is 11.8 Å². The van der Waals surface area contributed by atoms with Crippen LogP contribution in [0.2, 0.25) is 0 Å². The topological polar surface area (TPSA) is 154 Å². The zero-order chi connectivity index (χ0) is 30.6. The van der Waals surface area contributed by atoms with E-state index in [0.29, 0.717) is 16.9 Å². The summed E-state index contributed by atoms with van der Waals surface area (Å²) in [6, 6.07) is 13.3. The summed E-state index contributed by atoms with van der Waals surface area (Å²) in [4.78, 5) is 62.4. The van der Waals surface area contributed by atoms with Gasteiger partial charge in [-0.15, -0.1) is 11.8 Å². The number of nitrogens with one attached hydrogen (secondary N) is 1. The lowest BCUT2D eigenvalue weighted by Gasteiger charge is -2.46. The number of hydrogen-bond donors (Lipinski definition) is 1. The predicted molar refractivity (Wildman–Crippen MR) is 154 cm³/mol. The van der Waals surface area contributed by atoms with Gasteiger partial charge < -0.3 is 19.5 Å². The molecular formula is C29H31N3O9S. The number of β-lactam (4-membered cyclic amide) rings is 1. The first-order chi connectivity index (χ1) is 20.1. The first-order valence-corrected chi connectivity index (χ1v) is 13.9. The Morgan fingerprint density at radius 3 is 2.38 bits per heavy atom. The van der Waals surface area contributed by atoms with E-state index in [9.17, 15) is 29.3 Å². The van der Waals surface area contributed by atoms with Crippen LogP contribution in [0.3, 0.4) is 0 Å². The summed E-state index contributed by atoms with van der Waals surface area (Å²) in [6.07, 6.45) is 1.58. The highest BCUT2D eigenvalue weighted by molar-refractivity contribution is 8.02. The summed E-state index contributed by atoms with van der Waals surface area (Å²) in [5, 5.41) is 14.4. The number of ether oxygens (including phenoxy) is 3. The molecule has 0 bridgehead atoms. The minimum Gasteiger partial charge on any atom is -0.484 e. The standard InChI is InChI=1S/C29H31N3O9S/c1-4-39-24(34)11-8-16-42-28-25(30-23(33)18-40-22-9-6-5-7-10-22)27(35)31(28)26(19(2)3)29(36)41-17-20-12-14-21(15-13-20)32(37)38/h5-10,12-16,25,28H,4,11,17-18H2,1-3H3,(H,30,33)/b16-8-/t25-,28-/m1/s1. The Morgan fingerprint density at radius 1 is 1.07 bits per heavy atom. The highest BCUT2D eigenvalue weighted by Gasteiger charge is 2.51. The molecule has 2 atom stereocenters. The Bertz CT molecular complexity index is 1360. The molecule has 1 saturated heterocycles. The van der Waals surface area contributed by atoms with E-state index in [-0.39, 0.29) is 37.6 Å². The van der Waals surface area contributed by atoms with Crippen molar-refractivity contribution in [2.45, 2.75) is 45.2 Å². The Labute approximate surface area is 246 Å². The number of nitro benzene ring substituents is 1. The molecule has 1 aliphatic heterocycles. The highest BCUT2D eigenvalue weighted by atomic mass is 32.2. The quantitative estimate of drug-likeness (QED) is 0.112. The van der Waals surface area contributed by atoms with Gasteiger partial charge in [0.2, 0.25) is 0 Å². The van der Waals surface area contributed by atoms with Crippen molar-refractivity contribution in [2.24, 2.45) is 0 Å². The number of non-ortho nitro benzene ring substituents is 1. The van der Waals surface area contributed by atoms with Crippen LogP contribution in [-0.4, -0.2) is 58.2 Å². The van der Waals surface area contributed by atoms with E-state index < -0.39 is 40.1 Å². The van der Waals surface area contributed by atoms with Crippen LogP contribution < -0.4 is 10.1 Å². The number of nitro groups is 1. The number of rotatable bonds is 14. The van der Waals surface area contributed by atoms with E-state index in [2.05, 4.69) is 5.32 Å². The molecule has 0 spiro atoms. The summed E-state index contributed by atoms with van der Waals surface area (Å²) in [7, 11) is 0. The van der Waals surface area contributed by atoms with Gasteiger partial charge in [0.25, 0.3) is 17.5 Å². The second-order valence-corrected chi connectivity index (χ2v) is 10.1. The van der Waals surface area contributed by atoms with Crippen LogP contribution in [0.1, 0.15) is 32.8 Å². The van der Waals surface area contributed by atoms with Gasteiger partial charge in [-0.25, -0.2) is 4.79 Å². The molecule has 2 aromatic carbocycles. The molecule has 1 aliphatic rings. The van der Waals surface area contributed by atoms with Crippen molar-refractivity contribution in [3.63, 3.8) is 0 Å². The van der Waals surface area contributed by atoms with Gasteiger partial charge in [0.1, 0.15) is 29.5 Å². The molecule has 42 heavy (non-hydrogen) atoms. The van der Waals surface area contributed by atoms with Gasteiger partial charge in [0.15, 0.2) is 6.61 Å². The fourth-order valence-corrected chi connectivity index (χ4v) is 4.87. The molecule has 222 valence electrons. The molecule has 0 saturated carbocycles. The van der Waals surface area contributed by atoms with Gasteiger partial charge in [-0.1, -0.05) is 24.3 Å². The molecule has 0 aliphatic carbocycles. The van der Waals surface area contributed by atoms with Gasteiger partial charge in [-0.2, -0.15) is 0 Å². The lowest BCUT2D eigenvalue weighted by Crippen LogP contribution is -2.69. The molecule has 1 fully saturated rings. The van der Waals surface area contributed by atoms with E-state index in [1.807, 2.05) is 6.07 Å². The number of allylic oxidation sites excluding steroid dienone is 1. The number of thioether (sulfide) groups is 1. The molecule has 2 aromatic rings. The van der Waals surface area contributed by atoms with E-state index in [0.717, 1.165) is 11.8 Å². The number of hydrogen-bond acceptors (Lipinski definition) is 10. The number of nitrogens with zero attached hydrogens (tertiary/aromatic N) is 2. The van der Waals surface area contributed by atoms with E-state index in [1.54, 1.807) is 56.5 Å². The molecular weight excluding hydrogens is 566 g/mol. The van der Waals surface area contributed by atoms with E-state index in [1.165, 1.54) is 29.2 Å². The SMILES string of the molecule is CCOC(=O)C/C=C\S[C@@H]1[C@H](NC(=O)COc2ccccc2)C(=O)N1C(C(=O)OCc1ccc([N+](=O)[O-])cc1)=C(C)C. The van der Waals surface area contributed by atoms with Gasteiger partial charge in [0.05, 0.1) is 18.0 Å². The van der Waals surface area contributed by atoms with Crippen LogP contribution in [0, 0.1) is 10.1 Å². The van der Waals surface area contributed by atoms with Crippen LogP contribution in [0.25, 0.3) is 0 Å². The second kappa shape index (κ2) is 15.4. The Kier molecular flexibility index (Phi) is 11.7. The zero-order valence-electron chi connectivity index (χ0n) is 23.3. The van der Waals surface area contributed by atoms with E-state index >= 15 is 0 Å². The van der Waals surface area contributed by atoms with Crippen molar-refractivity contribution < 1.29 is 38.3 Å². The number of amides is 2. The highest BCUT2D eigenvalue weighted by Crippen LogP contribution is 2.36. The van der Waals surface area contributed by atoms with Crippen molar-refractivity contribution in [1.29, 1.82) is 0 Å². The van der Waals surface area contributed by atoms with Gasteiger partial charge in [0, 0.05) is 12.1 Å². The molecule has 1 heterocycles. The van der Waals surface area contributed by atoms with Crippen molar-refractivity contribution in [2.75, 3.05) is 13.2 Å². The maximum atomic E-state index is 13.3. The Hall–Kier alpha value is -4.65. The molecule has 13 heteroatoms. The van der Waals surface area contributed by atoms with Crippen molar-refractivity contribution in [1.82, 2.24) is 10.2 Å². The number of likely N-dealkylation sites (tertiary alicyclic amines) is 1. The number of carbonyl (C=O) groups excluding carboxylic acids is 4. The average molecular weight is 598 g/mol. The van der Waals surface area contributed by atoms with Crippen molar-refractivity contribution >= 4 is 41.2 Å². The third kappa shape index (κ3) is 8.67. The summed E-state index contributed by atoms with van der Waals surface area (Å²) in [5.41, 5.74) is 0.923. The van der Waals surface area contributed by atoms with Crippen molar-refractivity contribution in [3.8, 4) is 5.75 Å². The van der Waals surface area contributed by atoms with Gasteiger partial charge in [-0.3, -0.25) is 29.4 Å². The smallest absolute Gasteiger partial charge is 0.355 e. The first-order valence-electron chi connectivity index (χ1n) is 13.0. The third-order valence-electron chi connectivity index (χ3n) is 5.80. The van der Waals surface area contributed by atoms with Crippen molar-refractivity contribution in [3.05, 3.63) is 93.0 Å². The fourth-order valence-electron chi connectivity index (χ4n) is 3.83. The number of carbonyl (C=O) groups is 4. The minimum absolute atomic E-state index is 0.00392. The van der Waals surface area contributed by atoms with Crippen LogP contribution in [0.15, 0.2) is 77.4 Å². The summed E-state index contributed by atoms with van der Waals surface area (Å²) in [5.74, 6) is -1.76. The molecule has 0 unspecified atom stereocenters. The van der Waals surface area contributed by atoms with Crippen LogP contribution in [0.4, 0.5) is 5.69 Å². The molecule has 0 radical (unpaired) electrons. The number of benzene rings is 2. The molecule has 1 N–H and O–H groups in total. The second-order valence-electron chi connectivity index (χ2n) is 9.11. The largest absolute Gasteiger partial charge is 0.484 e. The average Bonchev–Trinajstić information content (AvgIpc) is 2.97. The third-order valence-corrected chi connectivity index (χ3v) is 6.91. The zero-order valence-corrected chi connectivity index (χ0v) is 24.1. The summed E-state index contributed by atoms with van der Waals surface area (Å²) in [6.45, 7) is 4.74. The fraction of sp³-hybridized carbons (Fsp3) is 0.310. The molecule has 12 nitrogen and oxygen atoms in total. The maximum Gasteiger partial charge on any atom is 0.355 e. The van der Waals surface area contributed by atoms with Crippen LogP contribution in [0.5, 0.6) is 5.75 Å². The minimum atomic E-state index is -0.981. The van der Waals surface area contributed by atoms with E-state index in [4.69, 9.17) is 14.2 Å². The monoisotopic (exact) mass is 597 g/mol. The lowest BCUT2D eigenvalue weighted by molar-refractivity contribution is -0.384. The summed E-state index contributed by atoms with van der Waals surface area (Å²) < 4.78 is 15.8. The lowest BCUT2D eigenvalue weighted by atomic mass is 10.0. The number of esters is 2. The van der Waals surface area contributed by atoms with Crippen LogP contribution in [-0.2, 0) is 35.3 Å². The normalized spacial score (nSPS) is 15.9.